The lowest BCUT2D eigenvalue weighted by molar-refractivity contribution is -0.121. The van der Waals surface area contributed by atoms with Crippen molar-refractivity contribution >= 4 is 29.1 Å². The second-order valence-electron chi connectivity index (χ2n) is 6.29. The molecular formula is C19H19ClN2O3. The number of nitrogens with zero attached hydrogens (tertiary/aromatic N) is 2. The van der Waals surface area contributed by atoms with E-state index in [-0.39, 0.29) is 35.2 Å². The van der Waals surface area contributed by atoms with Gasteiger partial charge in [-0.1, -0.05) is 29.3 Å². The Morgan fingerprint density at radius 2 is 1.88 bits per heavy atom. The van der Waals surface area contributed by atoms with E-state index in [9.17, 15) is 14.7 Å². The molecule has 25 heavy (non-hydrogen) atoms. The van der Waals surface area contributed by atoms with E-state index in [1.54, 1.807) is 4.90 Å². The normalized spacial score (nSPS) is 17.7. The smallest absolute Gasteiger partial charge is 0.254 e. The summed E-state index contributed by atoms with van der Waals surface area (Å²) in [5.74, 6) is -0.474. The third-order valence-corrected chi connectivity index (χ3v) is 4.69. The number of aryl methyl sites for hydroxylation is 1. The van der Waals surface area contributed by atoms with Crippen molar-refractivity contribution in [1.82, 2.24) is 4.90 Å². The Morgan fingerprint density at radius 3 is 2.52 bits per heavy atom. The first-order chi connectivity index (χ1) is 11.9. The minimum Gasteiger partial charge on any atom is -0.506 e. The first-order valence-corrected chi connectivity index (χ1v) is 8.41. The molecule has 0 bridgehead atoms. The highest BCUT2D eigenvalue weighted by atomic mass is 35.5. The Morgan fingerprint density at radius 1 is 1.20 bits per heavy atom. The molecule has 1 heterocycles. The van der Waals surface area contributed by atoms with Gasteiger partial charge in [-0.05, 0) is 44.2 Å². The maximum atomic E-state index is 12.7. The van der Waals surface area contributed by atoms with Gasteiger partial charge in [0.25, 0.3) is 5.91 Å². The zero-order valence-electron chi connectivity index (χ0n) is 14.1. The summed E-state index contributed by atoms with van der Waals surface area (Å²) >= 11 is 5.88. The fourth-order valence-electron chi connectivity index (χ4n) is 2.90. The van der Waals surface area contributed by atoms with Crippen LogP contribution < -0.4 is 4.90 Å². The Labute approximate surface area is 151 Å². The van der Waals surface area contributed by atoms with Crippen molar-refractivity contribution in [3.8, 4) is 5.75 Å². The van der Waals surface area contributed by atoms with Crippen molar-refractivity contribution in [3.63, 3.8) is 0 Å². The summed E-state index contributed by atoms with van der Waals surface area (Å²) in [6.45, 7) is 4.34. The monoisotopic (exact) mass is 358 g/mol. The molecule has 1 atom stereocenters. The van der Waals surface area contributed by atoms with Crippen LogP contribution in [0.4, 0.5) is 5.69 Å². The van der Waals surface area contributed by atoms with Crippen LogP contribution in [0.3, 0.4) is 0 Å². The fourth-order valence-corrected chi connectivity index (χ4v) is 3.08. The number of aromatic hydroxyl groups is 1. The molecule has 1 N–H and O–H groups in total. The van der Waals surface area contributed by atoms with Crippen LogP contribution in [0.1, 0.15) is 22.8 Å². The van der Waals surface area contributed by atoms with Gasteiger partial charge in [0.1, 0.15) is 12.3 Å². The maximum Gasteiger partial charge on any atom is 0.254 e. The highest BCUT2D eigenvalue weighted by Gasteiger charge is 2.33. The van der Waals surface area contributed by atoms with E-state index in [1.165, 1.54) is 23.1 Å². The molecule has 130 valence electrons. The van der Waals surface area contributed by atoms with Gasteiger partial charge in [0, 0.05) is 23.8 Å². The van der Waals surface area contributed by atoms with Crippen LogP contribution in [0.5, 0.6) is 5.75 Å². The lowest BCUT2D eigenvalue weighted by Gasteiger charge is -2.39. The summed E-state index contributed by atoms with van der Waals surface area (Å²) in [6, 6.07) is 11.9. The third kappa shape index (κ3) is 3.46. The lowest BCUT2D eigenvalue weighted by Crippen LogP contribution is -2.57. The molecule has 2 aromatic rings. The molecule has 1 fully saturated rings. The van der Waals surface area contributed by atoms with Crippen LogP contribution in [0.25, 0.3) is 0 Å². The molecule has 6 heteroatoms. The van der Waals surface area contributed by atoms with Gasteiger partial charge in [-0.2, -0.15) is 0 Å². The number of piperazine rings is 1. The number of hydrogen-bond donors (Lipinski definition) is 1. The number of hydrogen-bond acceptors (Lipinski definition) is 3. The molecule has 0 aliphatic carbocycles. The van der Waals surface area contributed by atoms with Crippen LogP contribution in [-0.2, 0) is 4.79 Å². The van der Waals surface area contributed by atoms with Gasteiger partial charge in [0.15, 0.2) is 0 Å². The van der Waals surface area contributed by atoms with Crippen molar-refractivity contribution in [2.75, 3.05) is 18.0 Å². The number of anilines is 1. The molecule has 0 unspecified atom stereocenters. The van der Waals surface area contributed by atoms with Gasteiger partial charge >= 0.3 is 0 Å². The van der Waals surface area contributed by atoms with Crippen molar-refractivity contribution in [2.45, 2.75) is 19.9 Å². The summed E-state index contributed by atoms with van der Waals surface area (Å²) in [7, 11) is 0. The molecule has 0 saturated carbocycles. The summed E-state index contributed by atoms with van der Waals surface area (Å²) in [5, 5.41) is 9.61. The van der Waals surface area contributed by atoms with Crippen molar-refractivity contribution in [1.29, 1.82) is 0 Å². The van der Waals surface area contributed by atoms with E-state index in [0.717, 1.165) is 11.3 Å². The average Bonchev–Trinajstić information content (AvgIpc) is 2.59. The minimum atomic E-state index is -0.272. The fraction of sp³-hybridized carbons (Fsp3) is 0.263. The molecular weight excluding hydrogens is 340 g/mol. The summed E-state index contributed by atoms with van der Waals surface area (Å²) in [6.07, 6.45) is 0. The van der Waals surface area contributed by atoms with E-state index >= 15 is 0 Å². The van der Waals surface area contributed by atoms with Crippen molar-refractivity contribution < 1.29 is 14.7 Å². The van der Waals surface area contributed by atoms with Gasteiger partial charge in [0.2, 0.25) is 5.91 Å². The average molecular weight is 359 g/mol. The zero-order chi connectivity index (χ0) is 18.1. The Kier molecular flexibility index (Phi) is 4.68. The molecule has 2 amide bonds. The summed E-state index contributed by atoms with van der Waals surface area (Å²) in [5.41, 5.74) is 2.32. The number of phenolic OH excluding ortho intramolecular Hbond substituents is 1. The first kappa shape index (κ1) is 17.3. The Hall–Kier alpha value is -2.53. The second kappa shape index (κ2) is 6.76. The topological polar surface area (TPSA) is 60.9 Å². The number of rotatable bonds is 2. The standard InChI is InChI=1S/C19H19ClN2O3/c1-12-3-6-15(7-4-12)22-10-13(2)21(11-18(22)24)19(25)14-5-8-17(23)16(20)9-14/h3-9,13,23H,10-11H2,1-2H3/t13-/m1/s1. The summed E-state index contributed by atoms with van der Waals surface area (Å²) in [4.78, 5) is 28.5. The molecule has 0 radical (unpaired) electrons. The SMILES string of the molecule is Cc1ccc(N2C[C@@H](C)N(C(=O)c3ccc(O)c(Cl)c3)CC2=O)cc1. The van der Waals surface area contributed by atoms with Crippen molar-refractivity contribution in [2.24, 2.45) is 0 Å². The predicted molar refractivity (Wildman–Crippen MR) is 97.1 cm³/mol. The zero-order valence-corrected chi connectivity index (χ0v) is 14.8. The Bertz CT molecular complexity index is 820. The van der Waals surface area contributed by atoms with Gasteiger partial charge in [-0.15, -0.1) is 0 Å². The highest BCUT2D eigenvalue weighted by Crippen LogP contribution is 2.26. The molecule has 1 aliphatic heterocycles. The number of halogens is 1. The molecule has 5 nitrogen and oxygen atoms in total. The van der Waals surface area contributed by atoms with E-state index in [1.807, 2.05) is 38.1 Å². The van der Waals surface area contributed by atoms with Crippen molar-refractivity contribution in [3.05, 3.63) is 58.6 Å². The lowest BCUT2D eigenvalue weighted by atomic mass is 10.1. The van der Waals surface area contributed by atoms with E-state index in [2.05, 4.69) is 0 Å². The molecule has 1 saturated heterocycles. The van der Waals surface area contributed by atoms with Gasteiger partial charge in [-0.3, -0.25) is 9.59 Å². The minimum absolute atomic E-state index is 0.00632. The quantitative estimate of drug-likeness (QED) is 0.896. The molecule has 0 spiro atoms. The predicted octanol–water partition coefficient (Wildman–Crippen LogP) is 3.23. The van der Waals surface area contributed by atoms with Crippen LogP contribution >= 0.6 is 11.6 Å². The van der Waals surface area contributed by atoms with Crippen LogP contribution in [0.15, 0.2) is 42.5 Å². The number of carbonyl (C=O) groups excluding carboxylic acids is 2. The molecule has 0 aromatic heterocycles. The van der Waals surface area contributed by atoms with E-state index in [0.29, 0.717) is 12.1 Å². The molecule has 1 aliphatic rings. The summed E-state index contributed by atoms with van der Waals surface area (Å²) < 4.78 is 0. The number of phenols is 1. The van der Waals surface area contributed by atoms with Crippen LogP contribution in [-0.4, -0.2) is 41.0 Å². The van der Waals surface area contributed by atoms with Gasteiger partial charge in [-0.25, -0.2) is 0 Å². The maximum absolute atomic E-state index is 12.7. The highest BCUT2D eigenvalue weighted by molar-refractivity contribution is 6.32. The Balaban J connectivity index is 1.79. The van der Waals surface area contributed by atoms with E-state index in [4.69, 9.17) is 11.6 Å². The first-order valence-electron chi connectivity index (χ1n) is 8.03. The van der Waals surface area contributed by atoms with Gasteiger partial charge in [0.05, 0.1) is 5.02 Å². The van der Waals surface area contributed by atoms with Crippen LogP contribution in [0.2, 0.25) is 5.02 Å². The van der Waals surface area contributed by atoms with Gasteiger partial charge < -0.3 is 14.9 Å². The van der Waals surface area contributed by atoms with Crippen LogP contribution in [0, 0.1) is 6.92 Å². The number of benzene rings is 2. The third-order valence-electron chi connectivity index (χ3n) is 4.39. The van der Waals surface area contributed by atoms with E-state index < -0.39 is 0 Å². The largest absolute Gasteiger partial charge is 0.506 e. The molecule has 3 rings (SSSR count). The second-order valence-corrected chi connectivity index (χ2v) is 6.70. The molecule has 2 aromatic carbocycles. The number of carbonyl (C=O) groups is 2. The number of amides is 2.